The molecule has 1 amide bonds. The lowest BCUT2D eigenvalue weighted by molar-refractivity contribution is 0.0602. The molecule has 0 atom stereocenters. The molecule has 3 heterocycles. The average Bonchev–Trinajstić information content (AvgIpc) is 3.26. The van der Waals surface area contributed by atoms with E-state index in [9.17, 15) is 4.79 Å². The quantitative estimate of drug-likeness (QED) is 0.774. The van der Waals surface area contributed by atoms with E-state index >= 15 is 0 Å². The van der Waals surface area contributed by atoms with Crippen LogP contribution in [0.25, 0.3) is 11.3 Å². The second-order valence-corrected chi connectivity index (χ2v) is 7.81. The molecule has 1 aromatic carbocycles. The van der Waals surface area contributed by atoms with Gasteiger partial charge >= 0.3 is 0 Å². The summed E-state index contributed by atoms with van der Waals surface area (Å²) in [5.41, 5.74) is 2.81. The minimum Gasteiger partial charge on any atom is -0.337 e. The fourth-order valence-corrected chi connectivity index (χ4v) is 4.04. The molecule has 1 spiro atoms. The van der Waals surface area contributed by atoms with Crippen molar-refractivity contribution in [2.24, 2.45) is 5.41 Å². The second kappa shape index (κ2) is 7.48. The van der Waals surface area contributed by atoms with Gasteiger partial charge in [-0.05, 0) is 49.4 Å². The highest BCUT2D eigenvalue weighted by Gasteiger charge is 2.38. The van der Waals surface area contributed by atoms with Crippen molar-refractivity contribution in [3.05, 3.63) is 40.5 Å². The normalized spacial score (nSPS) is 19.0. The highest BCUT2D eigenvalue weighted by atomic mass is 79.9. The standard InChI is InChI=1S/C18H21BrN4O.ClH/c19-14-3-1-13(2-4-14)15-11-16(22-21-15)17(24)23-9-6-18(7-10-23)5-8-20-12-18;/h1-4,11,20H,5-10,12H2,(H,21,22);1H. The van der Waals surface area contributed by atoms with Crippen LogP contribution in [0.4, 0.5) is 0 Å². The van der Waals surface area contributed by atoms with Gasteiger partial charge in [-0.2, -0.15) is 5.10 Å². The Labute approximate surface area is 162 Å². The molecule has 2 aliphatic rings. The van der Waals surface area contributed by atoms with E-state index in [2.05, 4.69) is 31.4 Å². The topological polar surface area (TPSA) is 61.0 Å². The number of hydrogen-bond donors (Lipinski definition) is 2. The Morgan fingerprint density at radius 1 is 1.16 bits per heavy atom. The first-order valence-corrected chi connectivity index (χ1v) is 9.26. The van der Waals surface area contributed by atoms with Crippen LogP contribution in [0.1, 0.15) is 29.8 Å². The van der Waals surface area contributed by atoms with E-state index in [0.717, 1.165) is 54.8 Å². The molecule has 5 nitrogen and oxygen atoms in total. The molecule has 0 unspecified atom stereocenters. The Kier molecular flexibility index (Phi) is 5.51. The van der Waals surface area contributed by atoms with Gasteiger partial charge in [-0.1, -0.05) is 28.1 Å². The summed E-state index contributed by atoms with van der Waals surface area (Å²) >= 11 is 3.43. The van der Waals surface area contributed by atoms with Crippen molar-refractivity contribution in [3.63, 3.8) is 0 Å². The number of H-pyrrole nitrogens is 1. The molecule has 2 aliphatic heterocycles. The van der Waals surface area contributed by atoms with Gasteiger partial charge in [-0.15, -0.1) is 12.4 Å². The largest absolute Gasteiger partial charge is 0.337 e. The number of likely N-dealkylation sites (tertiary alicyclic amines) is 1. The van der Waals surface area contributed by atoms with Gasteiger partial charge in [0.2, 0.25) is 0 Å². The monoisotopic (exact) mass is 424 g/mol. The first kappa shape index (κ1) is 18.4. The van der Waals surface area contributed by atoms with Crippen LogP contribution < -0.4 is 5.32 Å². The van der Waals surface area contributed by atoms with Crippen LogP contribution in [0, 0.1) is 5.41 Å². The number of piperidine rings is 1. The Hall–Kier alpha value is -1.37. The fraction of sp³-hybridized carbons (Fsp3) is 0.444. The van der Waals surface area contributed by atoms with E-state index in [1.807, 2.05) is 35.2 Å². The number of rotatable bonds is 2. The fourth-order valence-electron chi connectivity index (χ4n) is 3.78. The molecule has 2 aromatic rings. The summed E-state index contributed by atoms with van der Waals surface area (Å²) in [5, 5.41) is 10.7. The van der Waals surface area contributed by atoms with Crippen LogP contribution in [0.3, 0.4) is 0 Å². The molecule has 25 heavy (non-hydrogen) atoms. The van der Waals surface area contributed by atoms with Gasteiger partial charge in [0, 0.05) is 29.7 Å². The Balaban J connectivity index is 0.00000182. The van der Waals surface area contributed by atoms with Gasteiger partial charge in [-0.3, -0.25) is 9.89 Å². The number of aromatic amines is 1. The number of nitrogens with one attached hydrogen (secondary N) is 2. The first-order valence-electron chi connectivity index (χ1n) is 8.47. The van der Waals surface area contributed by atoms with Gasteiger partial charge < -0.3 is 10.2 Å². The third-order valence-corrected chi connectivity index (χ3v) is 5.92. The van der Waals surface area contributed by atoms with Crippen molar-refractivity contribution < 1.29 is 4.79 Å². The molecular weight excluding hydrogens is 404 g/mol. The first-order chi connectivity index (χ1) is 11.7. The zero-order valence-electron chi connectivity index (χ0n) is 13.9. The molecule has 2 saturated heterocycles. The molecule has 2 N–H and O–H groups in total. The number of carbonyl (C=O) groups excluding carboxylic acids is 1. The van der Waals surface area contributed by atoms with Crippen molar-refractivity contribution in [1.29, 1.82) is 0 Å². The minimum absolute atomic E-state index is 0. The van der Waals surface area contributed by atoms with Crippen molar-refractivity contribution in [3.8, 4) is 11.3 Å². The van der Waals surface area contributed by atoms with Crippen LogP contribution in [0.5, 0.6) is 0 Å². The maximum atomic E-state index is 12.7. The number of halogens is 2. The Bertz CT molecular complexity index is 730. The molecule has 7 heteroatoms. The van der Waals surface area contributed by atoms with Crippen LogP contribution in [0.15, 0.2) is 34.8 Å². The van der Waals surface area contributed by atoms with Crippen molar-refractivity contribution in [2.75, 3.05) is 26.2 Å². The molecule has 0 bridgehead atoms. The molecule has 4 rings (SSSR count). The maximum absolute atomic E-state index is 12.7. The molecule has 134 valence electrons. The summed E-state index contributed by atoms with van der Waals surface area (Å²) in [6.45, 7) is 3.90. The summed E-state index contributed by atoms with van der Waals surface area (Å²) in [4.78, 5) is 14.7. The SMILES string of the molecule is Cl.O=C(c1cc(-c2ccc(Br)cc2)n[nH]1)N1CCC2(CCNC2)CC1. The van der Waals surface area contributed by atoms with Crippen LogP contribution >= 0.6 is 28.3 Å². The van der Waals surface area contributed by atoms with E-state index < -0.39 is 0 Å². The van der Waals surface area contributed by atoms with E-state index in [-0.39, 0.29) is 18.3 Å². The molecule has 0 saturated carbocycles. The molecule has 1 aromatic heterocycles. The van der Waals surface area contributed by atoms with Gasteiger partial charge in [-0.25, -0.2) is 0 Å². The minimum atomic E-state index is 0. The lowest BCUT2D eigenvalue weighted by Gasteiger charge is -2.38. The summed E-state index contributed by atoms with van der Waals surface area (Å²) in [5.74, 6) is 0.0617. The summed E-state index contributed by atoms with van der Waals surface area (Å²) < 4.78 is 1.03. The van der Waals surface area contributed by atoms with Crippen LogP contribution in [0.2, 0.25) is 0 Å². The highest BCUT2D eigenvalue weighted by Crippen LogP contribution is 2.37. The van der Waals surface area contributed by atoms with Crippen molar-refractivity contribution in [2.45, 2.75) is 19.3 Å². The van der Waals surface area contributed by atoms with E-state index in [1.165, 1.54) is 6.42 Å². The molecule has 0 radical (unpaired) electrons. The smallest absolute Gasteiger partial charge is 0.271 e. The maximum Gasteiger partial charge on any atom is 0.271 e. The van der Waals surface area contributed by atoms with E-state index in [0.29, 0.717) is 11.1 Å². The van der Waals surface area contributed by atoms with Crippen molar-refractivity contribution >= 4 is 34.2 Å². The summed E-state index contributed by atoms with van der Waals surface area (Å²) in [7, 11) is 0. The number of carbonyl (C=O) groups is 1. The molecular formula is C18H22BrClN4O. The second-order valence-electron chi connectivity index (χ2n) is 6.89. The lowest BCUT2D eigenvalue weighted by atomic mass is 9.78. The molecule has 2 fully saturated rings. The number of benzene rings is 1. The summed E-state index contributed by atoms with van der Waals surface area (Å²) in [6.07, 6.45) is 3.44. The number of nitrogens with zero attached hydrogens (tertiary/aromatic N) is 2. The lowest BCUT2D eigenvalue weighted by Crippen LogP contribution is -2.44. The van der Waals surface area contributed by atoms with E-state index in [4.69, 9.17) is 0 Å². The molecule has 0 aliphatic carbocycles. The summed E-state index contributed by atoms with van der Waals surface area (Å²) in [6, 6.07) is 9.79. The van der Waals surface area contributed by atoms with Crippen molar-refractivity contribution in [1.82, 2.24) is 20.4 Å². The zero-order valence-corrected chi connectivity index (χ0v) is 16.3. The third kappa shape index (κ3) is 3.76. The van der Waals surface area contributed by atoms with Crippen LogP contribution in [-0.4, -0.2) is 47.2 Å². The van der Waals surface area contributed by atoms with Gasteiger partial charge in [0.15, 0.2) is 0 Å². The van der Waals surface area contributed by atoms with Gasteiger partial charge in [0.1, 0.15) is 5.69 Å². The van der Waals surface area contributed by atoms with Gasteiger partial charge in [0.25, 0.3) is 5.91 Å². The highest BCUT2D eigenvalue weighted by molar-refractivity contribution is 9.10. The zero-order chi connectivity index (χ0) is 16.6. The van der Waals surface area contributed by atoms with E-state index in [1.54, 1.807) is 0 Å². The third-order valence-electron chi connectivity index (χ3n) is 5.39. The Morgan fingerprint density at radius 3 is 2.52 bits per heavy atom. The number of aromatic nitrogens is 2. The predicted molar refractivity (Wildman–Crippen MR) is 104 cm³/mol. The Morgan fingerprint density at radius 2 is 1.88 bits per heavy atom. The number of amides is 1. The average molecular weight is 426 g/mol. The van der Waals surface area contributed by atoms with Crippen LogP contribution in [-0.2, 0) is 0 Å². The number of hydrogen-bond acceptors (Lipinski definition) is 3. The van der Waals surface area contributed by atoms with Gasteiger partial charge in [0.05, 0.1) is 5.69 Å². The predicted octanol–water partition coefficient (Wildman–Crippen LogP) is 3.48.